The average molecular weight is 261 g/mol. The molecule has 0 bridgehead atoms. The Morgan fingerprint density at radius 3 is 2.37 bits per heavy atom. The molecule has 0 aromatic heterocycles. The van der Waals surface area contributed by atoms with Crippen LogP contribution < -0.4 is 4.74 Å². The fraction of sp³-hybridized carbons (Fsp3) is 0.286. The molecule has 0 heterocycles. The first-order valence-corrected chi connectivity index (χ1v) is 5.69. The SMILES string of the molecule is COc1ccc(CCOC(=O)C(=C=N)C(C)=O)cc1. The van der Waals surface area contributed by atoms with Crippen molar-refractivity contribution in [3.05, 3.63) is 35.4 Å². The van der Waals surface area contributed by atoms with Crippen LogP contribution in [-0.2, 0) is 20.7 Å². The lowest BCUT2D eigenvalue weighted by Gasteiger charge is -2.05. The molecule has 0 aliphatic heterocycles. The molecule has 0 unspecified atom stereocenters. The number of carbonyl (C=O) groups excluding carboxylic acids is 2. The molecule has 0 spiro atoms. The maximum Gasteiger partial charge on any atom is 0.351 e. The van der Waals surface area contributed by atoms with Crippen LogP contribution in [0.5, 0.6) is 5.75 Å². The second-order valence-electron chi connectivity index (χ2n) is 3.79. The van der Waals surface area contributed by atoms with Crippen LogP contribution in [-0.4, -0.2) is 31.3 Å². The summed E-state index contributed by atoms with van der Waals surface area (Å²) in [5.74, 6) is 1.21. The molecule has 0 aliphatic carbocycles. The van der Waals surface area contributed by atoms with Crippen molar-refractivity contribution in [3.8, 4) is 5.75 Å². The van der Waals surface area contributed by atoms with Gasteiger partial charge in [0.15, 0.2) is 11.4 Å². The van der Waals surface area contributed by atoms with Gasteiger partial charge in [0.25, 0.3) is 0 Å². The number of methoxy groups -OCH3 is 1. The number of Topliss-reactive ketones (excluding diaryl/α,β-unsaturated/α-hetero) is 1. The Balaban J connectivity index is 2.47. The highest BCUT2D eigenvalue weighted by molar-refractivity contribution is 6.22. The van der Waals surface area contributed by atoms with Crippen LogP contribution in [0.4, 0.5) is 0 Å². The minimum absolute atomic E-state index is 0.142. The fourth-order valence-corrected chi connectivity index (χ4v) is 1.41. The Bertz CT molecular complexity index is 513. The fourth-order valence-electron chi connectivity index (χ4n) is 1.41. The van der Waals surface area contributed by atoms with Gasteiger partial charge in [0.1, 0.15) is 5.75 Å². The summed E-state index contributed by atoms with van der Waals surface area (Å²) < 4.78 is 9.94. The molecule has 19 heavy (non-hydrogen) atoms. The third-order valence-electron chi connectivity index (χ3n) is 2.46. The molecule has 1 aromatic rings. The Labute approximate surface area is 111 Å². The van der Waals surface area contributed by atoms with Crippen LogP contribution in [0.25, 0.3) is 0 Å². The van der Waals surface area contributed by atoms with Crippen LogP contribution in [0.2, 0.25) is 0 Å². The summed E-state index contributed by atoms with van der Waals surface area (Å²) >= 11 is 0. The molecule has 0 aliphatic rings. The number of benzene rings is 1. The summed E-state index contributed by atoms with van der Waals surface area (Å²) in [6.07, 6.45) is 0.527. The summed E-state index contributed by atoms with van der Waals surface area (Å²) in [4.78, 5) is 22.4. The quantitative estimate of drug-likeness (QED) is 0.277. The number of ether oxygens (including phenoxy) is 2. The van der Waals surface area contributed by atoms with Gasteiger partial charge in [-0.1, -0.05) is 12.1 Å². The lowest BCUT2D eigenvalue weighted by molar-refractivity contribution is -0.140. The Morgan fingerprint density at radius 2 is 1.89 bits per heavy atom. The van der Waals surface area contributed by atoms with Crippen LogP contribution in [0.1, 0.15) is 12.5 Å². The second-order valence-corrected chi connectivity index (χ2v) is 3.79. The van der Waals surface area contributed by atoms with Crippen molar-refractivity contribution < 1.29 is 19.1 Å². The minimum Gasteiger partial charge on any atom is -0.497 e. The van der Waals surface area contributed by atoms with E-state index in [4.69, 9.17) is 14.9 Å². The molecule has 0 atom stereocenters. The van der Waals surface area contributed by atoms with Crippen LogP contribution >= 0.6 is 0 Å². The number of nitrogens with one attached hydrogen (secondary N) is 1. The predicted molar refractivity (Wildman–Crippen MR) is 69.6 cm³/mol. The van der Waals surface area contributed by atoms with Gasteiger partial charge in [0.05, 0.1) is 13.7 Å². The highest BCUT2D eigenvalue weighted by Crippen LogP contribution is 2.11. The first kappa shape index (κ1) is 14.7. The third kappa shape index (κ3) is 4.41. The van der Waals surface area contributed by atoms with Gasteiger partial charge >= 0.3 is 5.97 Å². The van der Waals surface area contributed by atoms with E-state index in [-0.39, 0.29) is 12.2 Å². The van der Waals surface area contributed by atoms with Crippen LogP contribution in [0.3, 0.4) is 0 Å². The minimum atomic E-state index is -0.809. The number of carbonyl (C=O) groups is 2. The van der Waals surface area contributed by atoms with Crippen molar-refractivity contribution in [1.82, 2.24) is 0 Å². The van der Waals surface area contributed by atoms with E-state index < -0.39 is 11.8 Å². The molecule has 0 fully saturated rings. The summed E-state index contributed by atoms with van der Waals surface area (Å²) in [6, 6.07) is 7.36. The molecule has 1 N–H and O–H groups in total. The van der Waals surface area contributed by atoms with Crippen LogP contribution in [0.15, 0.2) is 29.8 Å². The molecule has 5 heteroatoms. The monoisotopic (exact) mass is 261 g/mol. The van der Waals surface area contributed by atoms with E-state index in [0.717, 1.165) is 11.3 Å². The molecule has 100 valence electrons. The summed E-state index contributed by atoms with van der Waals surface area (Å²) in [5, 5.41) is 6.84. The molecule has 0 saturated carbocycles. The van der Waals surface area contributed by atoms with Gasteiger partial charge in [-0.3, -0.25) is 10.2 Å². The maximum atomic E-state index is 11.4. The predicted octanol–water partition coefficient (Wildman–Crippen LogP) is 1.54. The number of hydrogen-bond acceptors (Lipinski definition) is 5. The van der Waals surface area contributed by atoms with Crippen molar-refractivity contribution >= 4 is 17.6 Å². The van der Waals surface area contributed by atoms with Crippen molar-refractivity contribution in [3.63, 3.8) is 0 Å². The Morgan fingerprint density at radius 1 is 1.26 bits per heavy atom. The van der Waals surface area contributed by atoms with Crippen LogP contribution in [0, 0.1) is 5.41 Å². The zero-order valence-corrected chi connectivity index (χ0v) is 10.9. The molecule has 0 saturated heterocycles. The largest absolute Gasteiger partial charge is 0.497 e. The summed E-state index contributed by atoms with van der Waals surface area (Å²) in [7, 11) is 1.59. The Kier molecular flexibility index (Phi) is 5.51. The normalized spacial score (nSPS) is 9.37. The van der Waals surface area contributed by atoms with E-state index in [9.17, 15) is 9.59 Å². The first-order chi connectivity index (χ1) is 9.08. The third-order valence-corrected chi connectivity index (χ3v) is 2.46. The molecular weight excluding hydrogens is 246 g/mol. The molecule has 5 nitrogen and oxygen atoms in total. The summed E-state index contributed by atoms with van der Waals surface area (Å²) in [6.45, 7) is 1.34. The lowest BCUT2D eigenvalue weighted by Crippen LogP contribution is -2.15. The topological polar surface area (TPSA) is 76.5 Å². The van der Waals surface area contributed by atoms with Gasteiger partial charge in [-0.15, -0.1) is 0 Å². The van der Waals surface area contributed by atoms with E-state index in [0.29, 0.717) is 6.42 Å². The lowest BCUT2D eigenvalue weighted by atomic mass is 10.1. The van der Waals surface area contributed by atoms with Crippen molar-refractivity contribution in [1.29, 1.82) is 5.41 Å². The van der Waals surface area contributed by atoms with E-state index >= 15 is 0 Å². The van der Waals surface area contributed by atoms with Gasteiger partial charge in [-0.25, -0.2) is 4.79 Å². The molecule has 0 radical (unpaired) electrons. The maximum absolute atomic E-state index is 11.4. The number of rotatable bonds is 6. The number of ketones is 1. The zero-order chi connectivity index (χ0) is 14.3. The van der Waals surface area contributed by atoms with Gasteiger partial charge in [-0.2, -0.15) is 0 Å². The van der Waals surface area contributed by atoms with E-state index in [1.807, 2.05) is 24.3 Å². The highest BCUT2D eigenvalue weighted by atomic mass is 16.5. The number of esters is 1. The molecule has 1 aromatic carbocycles. The first-order valence-electron chi connectivity index (χ1n) is 5.69. The van der Waals surface area contributed by atoms with Gasteiger partial charge in [0.2, 0.25) is 0 Å². The molecule has 0 amide bonds. The average Bonchev–Trinajstić information content (AvgIpc) is 2.40. The standard InChI is InChI=1S/C14H15NO4/c1-10(16)13(9-15)14(17)19-8-7-11-3-5-12(18-2)6-4-11/h3-6,15H,7-8H2,1-2H3. The van der Waals surface area contributed by atoms with Gasteiger partial charge in [-0.05, 0) is 23.6 Å². The van der Waals surface area contributed by atoms with Crippen molar-refractivity contribution in [2.24, 2.45) is 0 Å². The Hall–Kier alpha value is -2.39. The van der Waals surface area contributed by atoms with Crippen molar-refractivity contribution in [2.45, 2.75) is 13.3 Å². The van der Waals surface area contributed by atoms with Crippen molar-refractivity contribution in [2.75, 3.05) is 13.7 Å². The van der Waals surface area contributed by atoms with E-state index in [2.05, 4.69) is 0 Å². The molecule has 1 rings (SSSR count). The van der Waals surface area contributed by atoms with Gasteiger partial charge in [0, 0.05) is 13.3 Å². The summed E-state index contributed by atoms with van der Waals surface area (Å²) in [5.41, 5.74) is 0.617. The zero-order valence-electron chi connectivity index (χ0n) is 10.9. The highest BCUT2D eigenvalue weighted by Gasteiger charge is 2.15. The van der Waals surface area contributed by atoms with E-state index in [1.54, 1.807) is 13.0 Å². The van der Waals surface area contributed by atoms with E-state index in [1.165, 1.54) is 6.92 Å². The second kappa shape index (κ2) is 7.13. The van der Waals surface area contributed by atoms with Gasteiger partial charge < -0.3 is 9.47 Å². The number of hydrogen-bond donors (Lipinski definition) is 1. The smallest absolute Gasteiger partial charge is 0.351 e. The molecular formula is C14H15NO4.